The third-order valence-electron chi connectivity index (χ3n) is 3.72. The molecule has 1 rings (SSSR count). The summed E-state index contributed by atoms with van der Waals surface area (Å²) < 4.78 is 0. The maximum atomic E-state index is 3.75. The lowest BCUT2D eigenvalue weighted by Gasteiger charge is -2.29. The number of unbranched alkanes of at least 4 members (excludes halogenated alkanes) is 3. The van der Waals surface area contributed by atoms with Gasteiger partial charge < -0.3 is 5.32 Å². The summed E-state index contributed by atoms with van der Waals surface area (Å²) in [4.78, 5) is 0. The molecule has 2 unspecified atom stereocenters. The Morgan fingerprint density at radius 2 is 1.94 bits per heavy atom. The summed E-state index contributed by atoms with van der Waals surface area (Å²) in [6.07, 6.45) is 9.83. The van der Waals surface area contributed by atoms with Crippen molar-refractivity contribution < 1.29 is 0 Å². The molecule has 1 nitrogen and oxygen atoms in total. The number of hydrogen-bond acceptors (Lipinski definition) is 2. The Hall–Kier alpha value is 0.310. The first kappa shape index (κ1) is 15.4. The molecular weight excluding hydrogens is 226 g/mol. The van der Waals surface area contributed by atoms with E-state index >= 15 is 0 Å². The van der Waals surface area contributed by atoms with Crippen LogP contribution in [0.1, 0.15) is 65.7 Å². The second-order valence-corrected chi connectivity index (χ2v) is 7.36. The third kappa shape index (κ3) is 7.35. The zero-order valence-electron chi connectivity index (χ0n) is 12.0. The van der Waals surface area contributed by atoms with Gasteiger partial charge in [-0.3, -0.25) is 0 Å². The molecule has 0 amide bonds. The van der Waals surface area contributed by atoms with Crippen LogP contribution in [0.5, 0.6) is 0 Å². The monoisotopic (exact) mass is 257 g/mol. The Bertz CT molecular complexity index is 182. The van der Waals surface area contributed by atoms with Crippen molar-refractivity contribution in [3.63, 3.8) is 0 Å². The van der Waals surface area contributed by atoms with Crippen molar-refractivity contribution in [1.29, 1.82) is 0 Å². The molecule has 1 saturated heterocycles. The predicted molar refractivity (Wildman–Crippen MR) is 80.9 cm³/mol. The molecule has 0 aromatic carbocycles. The van der Waals surface area contributed by atoms with E-state index in [1.54, 1.807) is 0 Å². The zero-order valence-corrected chi connectivity index (χ0v) is 12.8. The van der Waals surface area contributed by atoms with Crippen LogP contribution >= 0.6 is 11.8 Å². The zero-order chi connectivity index (χ0) is 12.5. The number of hydrogen-bond donors (Lipinski definition) is 1. The van der Waals surface area contributed by atoms with E-state index in [0.29, 0.717) is 0 Å². The maximum absolute atomic E-state index is 3.75. The highest BCUT2D eigenvalue weighted by atomic mass is 32.2. The molecule has 0 aromatic rings. The predicted octanol–water partition coefficient (Wildman–Crippen LogP) is 4.47. The topological polar surface area (TPSA) is 12.0 Å². The molecule has 0 bridgehead atoms. The highest BCUT2D eigenvalue weighted by molar-refractivity contribution is 7.99. The van der Waals surface area contributed by atoms with Crippen molar-refractivity contribution in [2.75, 3.05) is 12.3 Å². The largest absolute Gasteiger partial charge is 0.313 e. The third-order valence-corrected chi connectivity index (χ3v) is 5.10. The molecule has 2 heteroatoms. The van der Waals surface area contributed by atoms with Crippen LogP contribution in [0.2, 0.25) is 0 Å². The van der Waals surface area contributed by atoms with Gasteiger partial charge in [-0.05, 0) is 37.5 Å². The minimum Gasteiger partial charge on any atom is -0.313 e. The summed E-state index contributed by atoms with van der Waals surface area (Å²) in [6.45, 7) is 8.26. The summed E-state index contributed by atoms with van der Waals surface area (Å²) >= 11 is 2.14. The van der Waals surface area contributed by atoms with Gasteiger partial charge >= 0.3 is 0 Å². The van der Waals surface area contributed by atoms with Crippen LogP contribution in [0.15, 0.2) is 0 Å². The first-order valence-electron chi connectivity index (χ1n) is 7.55. The molecule has 1 fully saturated rings. The van der Waals surface area contributed by atoms with E-state index < -0.39 is 0 Å². The van der Waals surface area contributed by atoms with Crippen molar-refractivity contribution in [3.05, 3.63) is 0 Å². The van der Waals surface area contributed by atoms with Crippen LogP contribution in [0.25, 0.3) is 0 Å². The Morgan fingerprint density at radius 1 is 1.18 bits per heavy atom. The summed E-state index contributed by atoms with van der Waals surface area (Å²) in [5, 5.41) is 4.57. The van der Waals surface area contributed by atoms with E-state index in [4.69, 9.17) is 0 Å². The summed E-state index contributed by atoms with van der Waals surface area (Å²) in [5.41, 5.74) is 0. The van der Waals surface area contributed by atoms with Crippen LogP contribution in [-0.2, 0) is 0 Å². The smallest absolute Gasteiger partial charge is 0.0184 e. The van der Waals surface area contributed by atoms with Crippen molar-refractivity contribution in [1.82, 2.24) is 5.32 Å². The second kappa shape index (κ2) is 9.27. The Morgan fingerprint density at radius 3 is 2.65 bits per heavy atom. The highest BCUT2D eigenvalue weighted by Crippen LogP contribution is 2.24. The van der Waals surface area contributed by atoms with Gasteiger partial charge in [0, 0.05) is 11.3 Å². The van der Waals surface area contributed by atoms with Crippen LogP contribution in [0, 0.1) is 5.92 Å². The van der Waals surface area contributed by atoms with Crippen LogP contribution in [0.4, 0.5) is 0 Å². The molecule has 0 saturated carbocycles. The maximum Gasteiger partial charge on any atom is 0.0184 e. The van der Waals surface area contributed by atoms with E-state index in [2.05, 4.69) is 37.8 Å². The van der Waals surface area contributed by atoms with Gasteiger partial charge in [-0.2, -0.15) is 11.8 Å². The molecule has 0 spiro atoms. The molecule has 1 heterocycles. The lowest BCUT2D eigenvalue weighted by Crippen LogP contribution is -2.39. The van der Waals surface area contributed by atoms with E-state index in [1.165, 1.54) is 57.2 Å². The number of thioether (sulfide) groups is 1. The molecule has 17 heavy (non-hydrogen) atoms. The lowest BCUT2D eigenvalue weighted by atomic mass is 10.0. The van der Waals surface area contributed by atoms with Crippen LogP contribution < -0.4 is 5.32 Å². The molecule has 1 aliphatic rings. The van der Waals surface area contributed by atoms with Crippen molar-refractivity contribution in [3.8, 4) is 0 Å². The van der Waals surface area contributed by atoms with Gasteiger partial charge in [0.25, 0.3) is 0 Å². The number of nitrogens with one attached hydrogen (secondary N) is 1. The molecule has 2 atom stereocenters. The van der Waals surface area contributed by atoms with E-state index in [0.717, 1.165) is 17.2 Å². The fraction of sp³-hybridized carbons (Fsp3) is 1.00. The second-order valence-electron chi connectivity index (χ2n) is 5.88. The van der Waals surface area contributed by atoms with Crippen molar-refractivity contribution in [2.24, 2.45) is 5.92 Å². The molecule has 102 valence electrons. The molecular formula is C15H31NS. The van der Waals surface area contributed by atoms with Gasteiger partial charge in [-0.25, -0.2) is 0 Å². The first-order chi connectivity index (χ1) is 8.20. The fourth-order valence-electron chi connectivity index (χ4n) is 2.51. The average molecular weight is 257 g/mol. The van der Waals surface area contributed by atoms with Gasteiger partial charge in [0.05, 0.1) is 0 Å². The van der Waals surface area contributed by atoms with Gasteiger partial charge in [0.15, 0.2) is 0 Å². The standard InChI is InChI=1S/C15H31NS/c1-13(2)9-6-4-5-7-11-16-15-10-8-12-17-14(15)3/h13-16H,4-12H2,1-3H3. The van der Waals surface area contributed by atoms with E-state index in [9.17, 15) is 0 Å². The van der Waals surface area contributed by atoms with Crippen LogP contribution in [-0.4, -0.2) is 23.6 Å². The molecule has 0 aromatic heterocycles. The van der Waals surface area contributed by atoms with Gasteiger partial charge in [0.2, 0.25) is 0 Å². The minimum atomic E-state index is 0.782. The normalized spacial score (nSPS) is 25.4. The Balaban J connectivity index is 1.89. The number of rotatable bonds is 8. The SMILES string of the molecule is CC(C)CCCCCCNC1CCCSC1C. The van der Waals surface area contributed by atoms with Crippen molar-refractivity contribution in [2.45, 2.75) is 77.0 Å². The summed E-state index contributed by atoms with van der Waals surface area (Å²) in [7, 11) is 0. The van der Waals surface area contributed by atoms with Crippen LogP contribution in [0.3, 0.4) is 0 Å². The molecule has 0 radical (unpaired) electrons. The highest BCUT2D eigenvalue weighted by Gasteiger charge is 2.20. The fourth-order valence-corrected chi connectivity index (χ4v) is 3.68. The van der Waals surface area contributed by atoms with E-state index in [-0.39, 0.29) is 0 Å². The van der Waals surface area contributed by atoms with Gasteiger partial charge in [-0.1, -0.05) is 46.5 Å². The first-order valence-corrected chi connectivity index (χ1v) is 8.60. The lowest BCUT2D eigenvalue weighted by molar-refractivity contribution is 0.446. The molecule has 1 N–H and O–H groups in total. The Kier molecular flexibility index (Phi) is 8.38. The summed E-state index contributed by atoms with van der Waals surface area (Å²) in [5.74, 6) is 2.25. The minimum absolute atomic E-state index is 0.782. The van der Waals surface area contributed by atoms with Gasteiger partial charge in [0.1, 0.15) is 0 Å². The Labute approximate surface area is 113 Å². The quantitative estimate of drug-likeness (QED) is 0.644. The average Bonchev–Trinajstić information content (AvgIpc) is 2.30. The summed E-state index contributed by atoms with van der Waals surface area (Å²) in [6, 6.07) is 0.782. The van der Waals surface area contributed by atoms with Crippen molar-refractivity contribution >= 4 is 11.8 Å². The van der Waals surface area contributed by atoms with E-state index in [1.807, 2.05) is 0 Å². The van der Waals surface area contributed by atoms with Gasteiger partial charge in [-0.15, -0.1) is 0 Å². The molecule has 0 aliphatic carbocycles. The molecule has 1 aliphatic heterocycles.